The molecule has 3 heterocycles. The van der Waals surface area contributed by atoms with E-state index in [-0.39, 0.29) is 17.9 Å². The van der Waals surface area contributed by atoms with Gasteiger partial charge in [-0.3, -0.25) is 30.0 Å². The number of aromatic nitrogens is 3. The zero-order valence-corrected chi connectivity index (χ0v) is 20.1. The number of hydrogen-bond donors (Lipinski definition) is 0. The van der Waals surface area contributed by atoms with E-state index >= 15 is 4.39 Å². The lowest BCUT2D eigenvalue weighted by Gasteiger charge is -2.36. The van der Waals surface area contributed by atoms with Gasteiger partial charge in [0.05, 0.1) is 46.6 Å². The molecule has 2 aliphatic heterocycles. The highest BCUT2D eigenvalue weighted by atomic mass is 19.1. The molecule has 3 aromatic rings. The van der Waals surface area contributed by atoms with Gasteiger partial charge in [-0.25, -0.2) is 13.9 Å². The second kappa shape index (κ2) is 10.4. The SMILES string of the molecule is O=C1O[C@@H](Cn2ccnn2)CN1c1ccc(N2CCN(Cc3cc([N+](=O)[O-])cc([N+](=O)[O-])c3)CC2)c(F)c1. The van der Waals surface area contributed by atoms with Gasteiger partial charge < -0.3 is 9.64 Å². The van der Waals surface area contributed by atoms with Crippen molar-refractivity contribution in [3.05, 3.63) is 80.4 Å². The number of cyclic esters (lactones) is 1. The van der Waals surface area contributed by atoms with Gasteiger partial charge in [-0.1, -0.05) is 5.21 Å². The topological polar surface area (TPSA) is 153 Å². The van der Waals surface area contributed by atoms with Crippen molar-refractivity contribution in [2.75, 3.05) is 42.5 Å². The Morgan fingerprint density at radius 3 is 2.34 bits per heavy atom. The maximum absolute atomic E-state index is 15.1. The van der Waals surface area contributed by atoms with Crippen molar-refractivity contribution in [3.8, 4) is 0 Å². The van der Waals surface area contributed by atoms with Crippen molar-refractivity contribution < 1.29 is 23.8 Å². The second-order valence-electron chi connectivity index (χ2n) is 9.01. The zero-order chi connectivity index (χ0) is 26.8. The molecule has 2 aliphatic rings. The Morgan fingerprint density at radius 2 is 1.74 bits per heavy atom. The van der Waals surface area contributed by atoms with Crippen LogP contribution < -0.4 is 9.80 Å². The summed E-state index contributed by atoms with van der Waals surface area (Å²) in [4.78, 5) is 38.6. The number of benzene rings is 2. The Kier molecular flexibility index (Phi) is 6.83. The minimum atomic E-state index is -0.653. The number of nitro groups is 2. The van der Waals surface area contributed by atoms with E-state index in [9.17, 15) is 25.0 Å². The molecule has 38 heavy (non-hydrogen) atoms. The number of amides is 1. The van der Waals surface area contributed by atoms with Crippen molar-refractivity contribution in [1.82, 2.24) is 19.9 Å². The van der Waals surface area contributed by atoms with Crippen LogP contribution in [0.25, 0.3) is 0 Å². The number of carbonyl (C=O) groups is 1. The maximum Gasteiger partial charge on any atom is 0.414 e. The molecule has 15 heteroatoms. The molecule has 0 saturated carbocycles. The highest BCUT2D eigenvalue weighted by molar-refractivity contribution is 5.90. The van der Waals surface area contributed by atoms with E-state index in [1.807, 2.05) is 9.80 Å². The van der Waals surface area contributed by atoms with E-state index in [0.29, 0.717) is 56.2 Å². The molecule has 2 saturated heterocycles. The molecule has 0 aliphatic carbocycles. The molecule has 1 atom stereocenters. The highest BCUT2D eigenvalue weighted by Crippen LogP contribution is 2.29. The Bertz CT molecular complexity index is 1330. The molecule has 14 nitrogen and oxygen atoms in total. The van der Waals surface area contributed by atoms with Crippen molar-refractivity contribution >= 4 is 28.8 Å². The number of anilines is 2. The first-order valence-corrected chi connectivity index (χ1v) is 11.8. The van der Waals surface area contributed by atoms with Gasteiger partial charge in [0.15, 0.2) is 0 Å². The number of hydrogen-bond acceptors (Lipinski definition) is 10. The summed E-state index contributed by atoms with van der Waals surface area (Å²) >= 11 is 0. The third-order valence-corrected chi connectivity index (χ3v) is 6.48. The van der Waals surface area contributed by atoms with Gasteiger partial charge in [0.1, 0.15) is 11.9 Å². The second-order valence-corrected chi connectivity index (χ2v) is 9.01. The van der Waals surface area contributed by atoms with Crippen LogP contribution in [-0.4, -0.2) is 74.7 Å². The highest BCUT2D eigenvalue weighted by Gasteiger charge is 2.33. The summed E-state index contributed by atoms with van der Waals surface area (Å²) in [6.45, 7) is 2.92. The predicted octanol–water partition coefficient (Wildman–Crippen LogP) is 2.58. The first kappa shape index (κ1) is 25.0. The van der Waals surface area contributed by atoms with Crippen LogP contribution in [0, 0.1) is 26.0 Å². The minimum Gasteiger partial charge on any atom is -0.442 e. The molecule has 0 spiro atoms. The fourth-order valence-corrected chi connectivity index (χ4v) is 4.65. The summed E-state index contributed by atoms with van der Waals surface area (Å²) < 4.78 is 22.1. The average molecular weight is 526 g/mol. The third kappa shape index (κ3) is 5.36. The maximum atomic E-state index is 15.1. The number of carbonyl (C=O) groups excluding carboxylic acids is 1. The lowest BCUT2D eigenvalue weighted by molar-refractivity contribution is -0.394. The summed E-state index contributed by atoms with van der Waals surface area (Å²) in [5, 5.41) is 29.9. The number of non-ortho nitro benzene ring substituents is 2. The molecule has 0 bridgehead atoms. The Labute approximate surface area is 215 Å². The monoisotopic (exact) mass is 526 g/mol. The van der Waals surface area contributed by atoms with Gasteiger partial charge in [0, 0.05) is 51.1 Å². The Morgan fingerprint density at radius 1 is 1.03 bits per heavy atom. The van der Waals surface area contributed by atoms with Crippen LogP contribution in [0.1, 0.15) is 5.56 Å². The zero-order valence-electron chi connectivity index (χ0n) is 20.1. The molecular formula is C23H23FN8O6. The number of piperazine rings is 1. The molecule has 2 fully saturated rings. The Balaban J connectivity index is 1.20. The number of rotatable bonds is 8. The normalized spacial score (nSPS) is 18.0. The summed E-state index contributed by atoms with van der Waals surface area (Å²) in [5.74, 6) is -0.474. The van der Waals surface area contributed by atoms with E-state index in [4.69, 9.17) is 4.74 Å². The van der Waals surface area contributed by atoms with Crippen LogP contribution >= 0.6 is 0 Å². The van der Waals surface area contributed by atoms with Crippen LogP contribution in [0.15, 0.2) is 48.8 Å². The van der Waals surface area contributed by atoms with E-state index in [1.165, 1.54) is 29.3 Å². The van der Waals surface area contributed by atoms with Crippen LogP contribution in [0.5, 0.6) is 0 Å². The summed E-state index contributed by atoms with van der Waals surface area (Å²) in [6.07, 6.45) is 2.20. The lowest BCUT2D eigenvalue weighted by atomic mass is 10.1. The van der Waals surface area contributed by atoms with Gasteiger partial charge in [0.2, 0.25) is 0 Å². The summed E-state index contributed by atoms with van der Waals surface area (Å²) in [5.41, 5.74) is 0.590. The molecule has 5 rings (SSSR count). The number of nitrogens with zero attached hydrogens (tertiary/aromatic N) is 8. The fraction of sp³-hybridized carbons (Fsp3) is 0.348. The summed E-state index contributed by atoms with van der Waals surface area (Å²) in [7, 11) is 0. The van der Waals surface area contributed by atoms with Gasteiger partial charge in [-0.05, 0) is 23.8 Å². The molecule has 2 aromatic carbocycles. The van der Waals surface area contributed by atoms with Crippen LogP contribution in [0.2, 0.25) is 0 Å². The largest absolute Gasteiger partial charge is 0.442 e. The molecule has 0 unspecified atom stereocenters. The number of halogens is 1. The first-order chi connectivity index (χ1) is 18.3. The van der Waals surface area contributed by atoms with Crippen molar-refractivity contribution in [2.24, 2.45) is 0 Å². The number of ether oxygens (including phenoxy) is 1. The molecule has 1 aromatic heterocycles. The standard InChI is InChI=1S/C23H23FN8O6/c24-21-12-17(30-15-20(38-23(30)33)14-29-4-3-25-26-29)1-2-22(21)28-7-5-27(6-8-28)13-16-9-18(31(34)35)11-19(10-16)32(36)37/h1-4,9-12,20H,5-8,13-15H2/t20-/m0/s1. The predicted molar refractivity (Wildman–Crippen MR) is 131 cm³/mol. The van der Waals surface area contributed by atoms with Crippen LogP contribution in [-0.2, 0) is 17.8 Å². The molecule has 0 radical (unpaired) electrons. The van der Waals surface area contributed by atoms with E-state index < -0.39 is 27.9 Å². The van der Waals surface area contributed by atoms with Crippen molar-refractivity contribution in [2.45, 2.75) is 19.2 Å². The van der Waals surface area contributed by atoms with E-state index in [1.54, 1.807) is 23.0 Å². The minimum absolute atomic E-state index is 0.256. The van der Waals surface area contributed by atoms with Crippen molar-refractivity contribution in [1.29, 1.82) is 0 Å². The quantitative estimate of drug-likeness (QED) is 0.316. The molecule has 198 valence electrons. The van der Waals surface area contributed by atoms with Crippen LogP contribution in [0.4, 0.5) is 31.9 Å². The Hall–Kier alpha value is -4.66. The smallest absolute Gasteiger partial charge is 0.414 e. The van der Waals surface area contributed by atoms with Crippen molar-refractivity contribution in [3.63, 3.8) is 0 Å². The summed E-state index contributed by atoms with van der Waals surface area (Å²) in [6, 6.07) is 8.21. The van der Waals surface area contributed by atoms with Crippen LogP contribution in [0.3, 0.4) is 0 Å². The van der Waals surface area contributed by atoms with Gasteiger partial charge in [0.25, 0.3) is 11.4 Å². The van der Waals surface area contributed by atoms with Gasteiger partial charge in [-0.15, -0.1) is 5.10 Å². The molecule has 0 N–H and O–H groups in total. The third-order valence-electron chi connectivity index (χ3n) is 6.48. The van der Waals surface area contributed by atoms with E-state index in [0.717, 1.165) is 6.07 Å². The average Bonchev–Trinajstić information content (AvgIpc) is 3.54. The fourth-order valence-electron chi connectivity index (χ4n) is 4.65. The number of nitro benzene ring substituents is 2. The van der Waals surface area contributed by atoms with Gasteiger partial charge >= 0.3 is 6.09 Å². The van der Waals surface area contributed by atoms with E-state index in [2.05, 4.69) is 10.3 Å². The molecule has 1 amide bonds. The molecular weight excluding hydrogens is 503 g/mol. The first-order valence-electron chi connectivity index (χ1n) is 11.8. The lowest BCUT2D eigenvalue weighted by Crippen LogP contribution is -2.46. The van der Waals surface area contributed by atoms with Gasteiger partial charge in [-0.2, -0.15) is 0 Å².